The number of nitrogens with one attached hydrogen (secondary N) is 1. The summed E-state index contributed by atoms with van der Waals surface area (Å²) in [5.41, 5.74) is 5.54. The zero-order valence-electron chi connectivity index (χ0n) is 17.6. The van der Waals surface area contributed by atoms with E-state index >= 15 is 0 Å². The van der Waals surface area contributed by atoms with Crippen LogP contribution in [0.15, 0.2) is 42.9 Å². The maximum atomic E-state index is 4.99. The highest BCUT2D eigenvalue weighted by molar-refractivity contribution is 14.1. The van der Waals surface area contributed by atoms with Gasteiger partial charge in [0, 0.05) is 46.9 Å². The van der Waals surface area contributed by atoms with E-state index in [1.807, 2.05) is 37.4 Å². The molecule has 0 amide bonds. The van der Waals surface area contributed by atoms with Crippen molar-refractivity contribution in [3.05, 3.63) is 54.4 Å². The summed E-state index contributed by atoms with van der Waals surface area (Å²) >= 11 is 2.45. The van der Waals surface area contributed by atoms with Crippen molar-refractivity contribution in [2.75, 3.05) is 6.54 Å². The average Bonchev–Trinajstić information content (AvgIpc) is 3.40. The minimum atomic E-state index is 0.779. The second-order valence-electron chi connectivity index (χ2n) is 8.36. The van der Waals surface area contributed by atoms with Crippen LogP contribution in [0.25, 0.3) is 28.3 Å². The molecule has 1 aliphatic rings. The molecular formula is C23H26IN7. The second-order valence-corrected chi connectivity index (χ2v) is 9.72. The summed E-state index contributed by atoms with van der Waals surface area (Å²) in [7, 11) is 0. The molecular weight excluding hydrogens is 501 g/mol. The van der Waals surface area contributed by atoms with E-state index in [2.05, 4.69) is 47.1 Å². The van der Waals surface area contributed by atoms with E-state index in [4.69, 9.17) is 9.97 Å². The Hall–Kier alpha value is -2.33. The third-order valence-electron chi connectivity index (χ3n) is 5.95. The Bertz CT molecular complexity index is 1180. The third-order valence-corrected chi connectivity index (χ3v) is 6.68. The number of imidazole rings is 1. The summed E-state index contributed by atoms with van der Waals surface area (Å²) in [5, 5.41) is 4.29. The number of H-pyrrole nitrogens is 1. The van der Waals surface area contributed by atoms with Gasteiger partial charge in [-0.1, -0.05) is 25.3 Å². The molecule has 4 aromatic heterocycles. The van der Waals surface area contributed by atoms with Crippen LogP contribution in [-0.4, -0.2) is 39.2 Å². The standard InChI is InChI=1S/C23H26IN7/c1-16-6-5-9-19(27-16)23-22(18-10-11-21-25-15-26-31(21)13-18)28-20(29-23)14-30(24)12-17-7-3-2-4-8-17/h5-6,9-11,13,15,17H,2-4,7-8,12,14H2,1H3,(H,28,29). The smallest absolute Gasteiger partial charge is 0.155 e. The first-order valence-corrected chi connectivity index (χ1v) is 11.9. The largest absolute Gasteiger partial charge is 0.340 e. The minimum absolute atomic E-state index is 0.779. The van der Waals surface area contributed by atoms with Crippen molar-refractivity contribution < 1.29 is 0 Å². The van der Waals surface area contributed by atoms with Crippen LogP contribution < -0.4 is 0 Å². The average molecular weight is 527 g/mol. The molecule has 0 spiro atoms. The molecule has 0 aromatic carbocycles. The van der Waals surface area contributed by atoms with Crippen LogP contribution in [-0.2, 0) is 6.54 Å². The van der Waals surface area contributed by atoms with Gasteiger partial charge in [0.25, 0.3) is 0 Å². The van der Waals surface area contributed by atoms with Crippen molar-refractivity contribution in [2.24, 2.45) is 5.92 Å². The summed E-state index contributed by atoms with van der Waals surface area (Å²) in [4.78, 5) is 17.6. The predicted molar refractivity (Wildman–Crippen MR) is 130 cm³/mol. The number of hydrogen-bond donors (Lipinski definition) is 1. The van der Waals surface area contributed by atoms with Gasteiger partial charge >= 0.3 is 0 Å². The van der Waals surface area contributed by atoms with Gasteiger partial charge < -0.3 is 4.98 Å². The number of aromatic amines is 1. The summed E-state index contributed by atoms with van der Waals surface area (Å²) in [6, 6.07) is 10.1. The molecule has 1 N–H and O–H groups in total. The van der Waals surface area contributed by atoms with Crippen molar-refractivity contribution in [3.8, 4) is 22.6 Å². The van der Waals surface area contributed by atoms with Crippen LogP contribution in [0.3, 0.4) is 0 Å². The molecule has 0 atom stereocenters. The minimum Gasteiger partial charge on any atom is -0.340 e. The quantitative estimate of drug-likeness (QED) is 0.275. The highest BCUT2D eigenvalue weighted by Gasteiger charge is 2.20. The van der Waals surface area contributed by atoms with Crippen molar-refractivity contribution in [2.45, 2.75) is 45.6 Å². The number of nitrogens with zero attached hydrogens (tertiary/aromatic N) is 6. The Morgan fingerprint density at radius 2 is 2.00 bits per heavy atom. The molecule has 4 heterocycles. The van der Waals surface area contributed by atoms with Gasteiger partial charge in [-0.25, -0.2) is 17.6 Å². The van der Waals surface area contributed by atoms with Gasteiger partial charge in [0.1, 0.15) is 17.8 Å². The van der Waals surface area contributed by atoms with Crippen molar-refractivity contribution >= 4 is 28.5 Å². The van der Waals surface area contributed by atoms with E-state index in [1.54, 1.807) is 10.8 Å². The van der Waals surface area contributed by atoms with Gasteiger partial charge in [-0.15, -0.1) is 0 Å². The molecule has 7 nitrogen and oxygen atoms in total. The first-order chi connectivity index (χ1) is 15.2. The number of aryl methyl sites for hydroxylation is 1. The Kier molecular flexibility index (Phi) is 5.99. The fraction of sp³-hybridized carbons (Fsp3) is 0.391. The molecule has 1 aliphatic carbocycles. The van der Waals surface area contributed by atoms with Gasteiger partial charge in [0.15, 0.2) is 5.65 Å². The molecule has 0 bridgehead atoms. The zero-order valence-corrected chi connectivity index (χ0v) is 19.8. The van der Waals surface area contributed by atoms with Crippen LogP contribution >= 0.6 is 22.9 Å². The summed E-state index contributed by atoms with van der Waals surface area (Å²) in [6.07, 6.45) is 10.4. The number of hydrogen-bond acceptors (Lipinski definition) is 5. The van der Waals surface area contributed by atoms with E-state index in [9.17, 15) is 0 Å². The van der Waals surface area contributed by atoms with E-state index in [0.717, 1.165) is 58.8 Å². The Labute approximate surface area is 195 Å². The third kappa shape index (κ3) is 4.64. The molecule has 160 valence electrons. The highest BCUT2D eigenvalue weighted by atomic mass is 127. The number of pyridine rings is 2. The van der Waals surface area contributed by atoms with Gasteiger partial charge in [-0.2, -0.15) is 5.10 Å². The summed E-state index contributed by atoms with van der Waals surface area (Å²) < 4.78 is 4.15. The topological polar surface area (TPSA) is 75.0 Å². The molecule has 4 aromatic rings. The molecule has 31 heavy (non-hydrogen) atoms. The van der Waals surface area contributed by atoms with Crippen LogP contribution in [0.4, 0.5) is 0 Å². The van der Waals surface area contributed by atoms with Crippen LogP contribution in [0.5, 0.6) is 0 Å². The summed E-state index contributed by atoms with van der Waals surface area (Å²) in [5.74, 6) is 1.75. The van der Waals surface area contributed by atoms with Gasteiger partial charge in [0.05, 0.1) is 17.9 Å². The lowest BCUT2D eigenvalue weighted by atomic mass is 9.89. The molecule has 0 radical (unpaired) electrons. The molecule has 5 rings (SSSR count). The number of fused-ring (bicyclic) bond motifs is 1. The second kappa shape index (κ2) is 9.04. The van der Waals surface area contributed by atoms with Gasteiger partial charge in [-0.05, 0) is 49.9 Å². The lowest BCUT2D eigenvalue weighted by Crippen LogP contribution is -2.22. The molecule has 1 fully saturated rings. The van der Waals surface area contributed by atoms with Crippen LogP contribution in [0.2, 0.25) is 0 Å². The predicted octanol–water partition coefficient (Wildman–Crippen LogP) is 5.22. The maximum absolute atomic E-state index is 4.99. The number of rotatable bonds is 6. The fourth-order valence-corrected chi connectivity index (χ4v) is 5.29. The normalized spacial score (nSPS) is 15.2. The molecule has 0 aliphatic heterocycles. The van der Waals surface area contributed by atoms with Gasteiger partial charge in [-0.3, -0.25) is 4.98 Å². The maximum Gasteiger partial charge on any atom is 0.155 e. The summed E-state index contributed by atoms with van der Waals surface area (Å²) in [6.45, 7) is 3.90. The van der Waals surface area contributed by atoms with E-state index in [0.29, 0.717) is 0 Å². The van der Waals surface area contributed by atoms with Crippen molar-refractivity contribution in [1.29, 1.82) is 0 Å². The van der Waals surface area contributed by atoms with Crippen LogP contribution in [0, 0.1) is 12.8 Å². The Balaban J connectivity index is 1.47. The lowest BCUT2D eigenvalue weighted by Gasteiger charge is -2.25. The van der Waals surface area contributed by atoms with E-state index in [-0.39, 0.29) is 0 Å². The number of aromatic nitrogens is 6. The van der Waals surface area contributed by atoms with Crippen molar-refractivity contribution in [3.63, 3.8) is 0 Å². The lowest BCUT2D eigenvalue weighted by molar-refractivity contribution is 0.299. The first-order valence-electron chi connectivity index (χ1n) is 10.9. The van der Waals surface area contributed by atoms with Crippen molar-refractivity contribution in [1.82, 2.24) is 32.7 Å². The highest BCUT2D eigenvalue weighted by Crippen LogP contribution is 2.31. The molecule has 1 saturated carbocycles. The van der Waals surface area contributed by atoms with E-state index in [1.165, 1.54) is 32.1 Å². The van der Waals surface area contributed by atoms with Gasteiger partial charge in [0.2, 0.25) is 0 Å². The molecule has 8 heteroatoms. The molecule has 0 unspecified atom stereocenters. The van der Waals surface area contributed by atoms with Crippen LogP contribution in [0.1, 0.15) is 43.6 Å². The number of halogens is 1. The first kappa shape index (κ1) is 20.6. The molecule has 0 saturated heterocycles. The SMILES string of the molecule is Cc1cccc(-c2nc(CN(I)CC3CCCCC3)[nH]c2-c2ccc3ncnn3c2)n1. The van der Waals surface area contributed by atoms with E-state index < -0.39 is 0 Å². The Morgan fingerprint density at radius 1 is 1.13 bits per heavy atom. The fourth-order valence-electron chi connectivity index (χ4n) is 4.41. The Morgan fingerprint density at radius 3 is 2.84 bits per heavy atom. The monoisotopic (exact) mass is 527 g/mol. The zero-order chi connectivity index (χ0) is 21.2.